The van der Waals surface area contributed by atoms with E-state index in [0.717, 1.165) is 0 Å². The molecule has 2 heterocycles. The number of aryl methyl sites for hydroxylation is 2. The van der Waals surface area contributed by atoms with Gasteiger partial charge in [0.2, 0.25) is 17.7 Å². The van der Waals surface area contributed by atoms with Crippen molar-refractivity contribution in [3.63, 3.8) is 0 Å². The molecule has 0 aromatic carbocycles. The SMILES string of the molecule is CC(=O)Nc1cc(Br)c(C)nc1OC(F)(F)F.Cc1nc(OC(F)(F)F)c(N)cc1Br. The Morgan fingerprint density at radius 1 is 0.935 bits per heavy atom. The van der Waals surface area contributed by atoms with Crippen LogP contribution in [0.3, 0.4) is 0 Å². The Hall–Kier alpha value is -2.29. The standard InChI is InChI=1S/C9H8BrF3N2O2.C7H6BrF3N2O/c1-4-6(10)3-7(15-5(2)16)8(14-4)17-9(11,12)13;1-3-4(8)2-5(12)6(13-3)14-7(9,10)11/h3H,1-2H3,(H,15,16);2H,12H2,1H3. The van der Waals surface area contributed by atoms with Gasteiger partial charge in [0, 0.05) is 15.9 Å². The number of alkyl halides is 6. The molecule has 7 nitrogen and oxygen atoms in total. The molecule has 31 heavy (non-hydrogen) atoms. The second kappa shape index (κ2) is 10.3. The Morgan fingerprint density at radius 2 is 1.35 bits per heavy atom. The summed E-state index contributed by atoms with van der Waals surface area (Å²) in [5.74, 6) is -1.83. The van der Waals surface area contributed by atoms with Crippen molar-refractivity contribution in [2.75, 3.05) is 11.1 Å². The molecule has 0 radical (unpaired) electrons. The molecule has 2 aromatic heterocycles. The number of carbonyl (C=O) groups excluding carboxylic acids is 1. The van der Waals surface area contributed by atoms with Crippen molar-refractivity contribution in [3.05, 3.63) is 32.5 Å². The molecular weight excluding hydrogens is 570 g/mol. The van der Waals surface area contributed by atoms with Crippen LogP contribution in [0, 0.1) is 13.8 Å². The lowest BCUT2D eigenvalue weighted by Crippen LogP contribution is -2.20. The van der Waals surface area contributed by atoms with E-state index >= 15 is 0 Å². The van der Waals surface area contributed by atoms with Gasteiger partial charge >= 0.3 is 12.7 Å². The Kier molecular flexibility index (Phi) is 8.93. The largest absolute Gasteiger partial charge is 0.574 e. The molecule has 0 fully saturated rings. The van der Waals surface area contributed by atoms with Gasteiger partial charge in [0.1, 0.15) is 5.69 Å². The Bertz CT molecular complexity index is 954. The van der Waals surface area contributed by atoms with E-state index in [9.17, 15) is 31.1 Å². The van der Waals surface area contributed by atoms with E-state index in [4.69, 9.17) is 5.73 Å². The van der Waals surface area contributed by atoms with Crippen molar-refractivity contribution in [3.8, 4) is 11.8 Å². The van der Waals surface area contributed by atoms with Gasteiger partial charge in [-0.05, 0) is 57.8 Å². The van der Waals surface area contributed by atoms with Crippen molar-refractivity contribution in [2.45, 2.75) is 33.5 Å². The van der Waals surface area contributed by atoms with Crippen LogP contribution in [0.15, 0.2) is 21.1 Å². The normalized spacial score (nSPS) is 11.3. The van der Waals surface area contributed by atoms with E-state index in [1.165, 1.54) is 32.9 Å². The first kappa shape index (κ1) is 26.7. The van der Waals surface area contributed by atoms with Crippen LogP contribution in [0.2, 0.25) is 0 Å². The number of hydrogen-bond donors (Lipinski definition) is 2. The van der Waals surface area contributed by atoms with Gasteiger partial charge in [0.05, 0.1) is 17.1 Å². The van der Waals surface area contributed by atoms with Gasteiger partial charge in [0.25, 0.3) is 0 Å². The van der Waals surface area contributed by atoms with Crippen LogP contribution in [-0.4, -0.2) is 28.6 Å². The number of carbonyl (C=O) groups is 1. The van der Waals surface area contributed by atoms with Crippen molar-refractivity contribution in [1.82, 2.24) is 9.97 Å². The molecule has 2 aromatic rings. The minimum Gasteiger partial charge on any atom is -0.394 e. The number of anilines is 2. The second-order valence-corrected chi connectivity index (χ2v) is 7.34. The molecule has 0 aliphatic carbocycles. The van der Waals surface area contributed by atoms with Crippen LogP contribution in [0.5, 0.6) is 11.8 Å². The zero-order chi connectivity index (χ0) is 24.1. The predicted octanol–water partition coefficient (Wildman–Crippen LogP) is 5.64. The maximum Gasteiger partial charge on any atom is 0.574 e. The number of aromatic nitrogens is 2. The first-order chi connectivity index (χ1) is 14.0. The zero-order valence-corrected chi connectivity index (χ0v) is 19.0. The lowest BCUT2D eigenvalue weighted by Gasteiger charge is -2.13. The number of nitrogens with zero attached hydrogens (tertiary/aromatic N) is 2. The third-order valence-electron chi connectivity index (χ3n) is 3.00. The summed E-state index contributed by atoms with van der Waals surface area (Å²) in [7, 11) is 0. The quantitative estimate of drug-likeness (QED) is 0.454. The molecular formula is C16H14Br2F6N4O3. The summed E-state index contributed by atoms with van der Waals surface area (Å²) in [5.41, 5.74) is 5.66. The summed E-state index contributed by atoms with van der Waals surface area (Å²) in [5, 5.41) is 2.21. The van der Waals surface area contributed by atoms with Crippen molar-refractivity contribution in [2.24, 2.45) is 0 Å². The summed E-state index contributed by atoms with van der Waals surface area (Å²) >= 11 is 6.18. The molecule has 0 saturated carbocycles. The van der Waals surface area contributed by atoms with Gasteiger partial charge in [-0.15, -0.1) is 26.3 Å². The van der Waals surface area contributed by atoms with E-state index in [0.29, 0.717) is 20.3 Å². The van der Waals surface area contributed by atoms with Gasteiger partial charge in [0.15, 0.2) is 0 Å². The van der Waals surface area contributed by atoms with Gasteiger partial charge in [-0.2, -0.15) is 0 Å². The van der Waals surface area contributed by atoms with Crippen LogP contribution < -0.4 is 20.5 Å². The fraction of sp³-hybridized carbons (Fsp3) is 0.312. The van der Waals surface area contributed by atoms with Gasteiger partial charge in [-0.3, -0.25) is 4.79 Å². The highest BCUT2D eigenvalue weighted by Gasteiger charge is 2.34. The predicted molar refractivity (Wildman–Crippen MR) is 105 cm³/mol. The molecule has 2 rings (SSSR count). The fourth-order valence-corrected chi connectivity index (χ4v) is 2.44. The number of halogens is 8. The third-order valence-corrected chi connectivity index (χ3v) is 4.60. The summed E-state index contributed by atoms with van der Waals surface area (Å²) in [4.78, 5) is 18.0. The van der Waals surface area contributed by atoms with Crippen molar-refractivity contribution in [1.29, 1.82) is 0 Å². The number of nitrogen functional groups attached to an aromatic ring is 1. The third kappa shape index (κ3) is 9.59. The van der Waals surface area contributed by atoms with Gasteiger partial charge in [-0.1, -0.05) is 0 Å². The van der Waals surface area contributed by atoms with Crippen LogP contribution >= 0.6 is 31.9 Å². The molecule has 0 aliphatic rings. The molecule has 0 atom stereocenters. The van der Waals surface area contributed by atoms with E-state index < -0.39 is 30.4 Å². The lowest BCUT2D eigenvalue weighted by atomic mass is 10.3. The first-order valence-electron chi connectivity index (χ1n) is 7.87. The molecule has 0 unspecified atom stereocenters. The number of ether oxygens (including phenoxy) is 2. The van der Waals surface area contributed by atoms with Crippen LogP contribution in [0.1, 0.15) is 18.3 Å². The average Bonchev–Trinajstić information content (AvgIpc) is 2.55. The fourth-order valence-electron chi connectivity index (χ4n) is 1.79. The molecule has 0 aliphatic heterocycles. The number of rotatable bonds is 3. The Morgan fingerprint density at radius 3 is 1.81 bits per heavy atom. The maximum atomic E-state index is 12.1. The summed E-state index contributed by atoms with van der Waals surface area (Å²) in [6, 6.07) is 2.61. The van der Waals surface area contributed by atoms with E-state index in [-0.39, 0.29) is 11.4 Å². The highest BCUT2D eigenvalue weighted by Crippen LogP contribution is 2.32. The Labute approximate surface area is 188 Å². The van der Waals surface area contributed by atoms with E-state index in [1.807, 2.05) is 0 Å². The monoisotopic (exact) mass is 582 g/mol. The molecule has 0 spiro atoms. The second-order valence-electron chi connectivity index (χ2n) is 5.64. The molecule has 3 N–H and O–H groups in total. The highest BCUT2D eigenvalue weighted by molar-refractivity contribution is 9.10. The number of nitrogens with one attached hydrogen (secondary N) is 1. The van der Waals surface area contributed by atoms with Gasteiger partial charge in [-0.25, -0.2) is 9.97 Å². The Balaban J connectivity index is 0.000000316. The number of amides is 1. The van der Waals surface area contributed by atoms with Gasteiger partial charge < -0.3 is 20.5 Å². The number of nitrogens with two attached hydrogens (primary N) is 1. The van der Waals surface area contributed by atoms with Crippen molar-refractivity contribution >= 4 is 49.1 Å². The molecule has 15 heteroatoms. The minimum atomic E-state index is -4.86. The van der Waals surface area contributed by atoms with E-state index in [1.54, 1.807) is 0 Å². The van der Waals surface area contributed by atoms with Crippen molar-refractivity contribution < 1.29 is 40.6 Å². The topological polar surface area (TPSA) is 99.4 Å². The summed E-state index contributed by atoms with van der Waals surface area (Å²) in [6.45, 7) is 4.21. The van der Waals surface area contributed by atoms with Crippen LogP contribution in [0.25, 0.3) is 0 Å². The molecule has 0 saturated heterocycles. The smallest absolute Gasteiger partial charge is 0.394 e. The zero-order valence-electron chi connectivity index (χ0n) is 15.9. The van der Waals surface area contributed by atoms with Crippen LogP contribution in [-0.2, 0) is 4.79 Å². The van der Waals surface area contributed by atoms with E-state index in [2.05, 4.69) is 56.6 Å². The highest BCUT2D eigenvalue weighted by atomic mass is 79.9. The van der Waals surface area contributed by atoms with Crippen LogP contribution in [0.4, 0.5) is 37.7 Å². The summed E-state index contributed by atoms with van der Waals surface area (Å²) < 4.78 is 80.1. The first-order valence-corrected chi connectivity index (χ1v) is 9.46. The summed E-state index contributed by atoms with van der Waals surface area (Å²) in [6.07, 6.45) is -9.64. The average molecular weight is 584 g/mol. The molecule has 172 valence electrons. The lowest BCUT2D eigenvalue weighted by molar-refractivity contribution is -0.276. The maximum absolute atomic E-state index is 12.1. The molecule has 1 amide bonds. The minimum absolute atomic E-state index is 0.146. The number of hydrogen-bond acceptors (Lipinski definition) is 6. The molecule has 0 bridgehead atoms. The number of pyridine rings is 2.